The highest BCUT2D eigenvalue weighted by atomic mass is 35.5. The lowest BCUT2D eigenvalue weighted by atomic mass is 9.69. The molecule has 0 atom stereocenters. The predicted molar refractivity (Wildman–Crippen MR) is 233 cm³/mol. The minimum Gasteiger partial charge on any atom is -1.00 e. The molecule has 0 saturated carbocycles. The van der Waals surface area contributed by atoms with E-state index in [9.17, 15) is 0 Å². The van der Waals surface area contributed by atoms with Crippen LogP contribution in [0.25, 0.3) is 33.4 Å². The van der Waals surface area contributed by atoms with Crippen molar-refractivity contribution in [3.05, 3.63) is 106 Å². The summed E-state index contributed by atoms with van der Waals surface area (Å²) in [6.45, 7) is 11.4. The number of hydrogen-bond acceptors (Lipinski definition) is 0. The van der Waals surface area contributed by atoms with Crippen LogP contribution >= 0.6 is 0 Å². The molecule has 4 heteroatoms. The standard InChI is InChI=1S/C52H72N2.2ClH/c1-5-7-9-15-29-51(30-16-10-8-6-2)47-35-39(3)21-25-43(47)45-27-23-41(37-49(45)51)42-24-28-46-44-26-22-40(4)36-48(44)52(50(46)38-42,31-17-11-13-19-33-53)32-18-12-14-20-34-54;;/h21-28,35-38H,5-20,29-34,53-54H2,1-4H3;2*1H. The van der Waals surface area contributed by atoms with E-state index in [2.05, 4.69) is 112 Å². The topological polar surface area (TPSA) is 55.3 Å². The van der Waals surface area contributed by atoms with E-state index in [4.69, 9.17) is 0 Å². The summed E-state index contributed by atoms with van der Waals surface area (Å²) in [6.07, 6.45) is 25.8. The number of halogens is 2. The molecule has 56 heavy (non-hydrogen) atoms. The van der Waals surface area contributed by atoms with E-state index in [0.717, 1.165) is 13.1 Å². The monoisotopic (exact) mass is 797 g/mol. The Labute approximate surface area is 354 Å². The first-order chi connectivity index (χ1) is 26.4. The molecule has 0 heterocycles. The zero-order valence-electron chi connectivity index (χ0n) is 35.7. The molecule has 4 aromatic rings. The first-order valence-corrected chi connectivity index (χ1v) is 22.5. The fraction of sp³-hybridized carbons (Fsp3) is 0.538. The Kier molecular flexibility index (Phi) is 18.1. The highest BCUT2D eigenvalue weighted by Gasteiger charge is 2.44. The fourth-order valence-corrected chi connectivity index (χ4v) is 10.5. The van der Waals surface area contributed by atoms with Crippen molar-refractivity contribution in [2.75, 3.05) is 13.1 Å². The van der Waals surface area contributed by atoms with Gasteiger partial charge in [-0.25, -0.2) is 0 Å². The average molecular weight is 798 g/mol. The Morgan fingerprint density at radius 1 is 0.375 bits per heavy atom. The van der Waals surface area contributed by atoms with E-state index in [0.29, 0.717) is 0 Å². The number of hydrogen-bond donors (Lipinski definition) is 2. The molecular formula is C52H74Cl2N2. The predicted octanol–water partition coefficient (Wildman–Crippen LogP) is 6.84. The first kappa shape index (κ1) is 46.1. The number of quaternary nitrogens is 2. The van der Waals surface area contributed by atoms with Crippen LogP contribution in [0.1, 0.15) is 176 Å². The van der Waals surface area contributed by atoms with Crippen molar-refractivity contribution in [3.8, 4) is 33.4 Å². The maximum absolute atomic E-state index is 4.13. The van der Waals surface area contributed by atoms with Crippen molar-refractivity contribution >= 4 is 0 Å². The summed E-state index contributed by atoms with van der Waals surface area (Å²) in [5.74, 6) is 0. The fourth-order valence-electron chi connectivity index (χ4n) is 10.5. The van der Waals surface area contributed by atoms with Gasteiger partial charge in [0.15, 0.2) is 0 Å². The van der Waals surface area contributed by atoms with Gasteiger partial charge in [-0.2, -0.15) is 0 Å². The molecule has 2 aliphatic carbocycles. The van der Waals surface area contributed by atoms with E-state index in [1.54, 1.807) is 22.3 Å². The number of unbranched alkanes of at least 4 members (excludes halogenated alkanes) is 12. The van der Waals surface area contributed by atoms with Gasteiger partial charge in [0.2, 0.25) is 0 Å². The summed E-state index contributed by atoms with van der Waals surface area (Å²) < 4.78 is 0. The summed E-state index contributed by atoms with van der Waals surface area (Å²) in [4.78, 5) is 0. The number of fused-ring (bicyclic) bond motifs is 6. The van der Waals surface area contributed by atoms with Crippen LogP contribution in [0.2, 0.25) is 0 Å². The van der Waals surface area contributed by atoms with Gasteiger partial charge >= 0.3 is 0 Å². The van der Waals surface area contributed by atoms with Crippen molar-refractivity contribution in [1.82, 2.24) is 0 Å². The van der Waals surface area contributed by atoms with Gasteiger partial charge in [-0.3, -0.25) is 0 Å². The second-order valence-corrected chi connectivity index (χ2v) is 17.4. The average Bonchev–Trinajstić information content (AvgIpc) is 3.60. The van der Waals surface area contributed by atoms with Crippen molar-refractivity contribution in [2.24, 2.45) is 0 Å². The molecule has 0 amide bonds. The van der Waals surface area contributed by atoms with E-state index >= 15 is 0 Å². The maximum atomic E-state index is 4.13. The van der Waals surface area contributed by atoms with E-state index < -0.39 is 0 Å². The van der Waals surface area contributed by atoms with Crippen molar-refractivity contribution < 1.29 is 36.3 Å². The number of benzene rings is 4. The molecule has 2 nitrogen and oxygen atoms in total. The van der Waals surface area contributed by atoms with Crippen LogP contribution in [0, 0.1) is 13.8 Å². The molecule has 2 aliphatic rings. The zero-order valence-corrected chi connectivity index (χ0v) is 37.2. The van der Waals surface area contributed by atoms with Gasteiger partial charge in [0, 0.05) is 10.8 Å². The Morgan fingerprint density at radius 3 is 1.02 bits per heavy atom. The van der Waals surface area contributed by atoms with Crippen LogP contribution in [0.4, 0.5) is 0 Å². The normalized spacial score (nSPS) is 14.0. The van der Waals surface area contributed by atoms with Crippen LogP contribution in [0.5, 0.6) is 0 Å². The van der Waals surface area contributed by atoms with Gasteiger partial charge in [0.1, 0.15) is 0 Å². The van der Waals surface area contributed by atoms with E-state index in [-0.39, 0.29) is 35.6 Å². The van der Waals surface area contributed by atoms with Crippen LogP contribution in [-0.2, 0) is 10.8 Å². The molecule has 0 aromatic heterocycles. The SMILES string of the molecule is CCCCCCC1(CCCCCC)c2cc(C)ccc2-c2ccc(-c3ccc4c(c3)C(CCCCCC[NH3+])(CCCCCC[NH3+])c3cc(C)ccc3-4)cc21.[Cl-].[Cl-]. The van der Waals surface area contributed by atoms with Gasteiger partial charge in [0.05, 0.1) is 13.1 Å². The van der Waals surface area contributed by atoms with Crippen molar-refractivity contribution in [2.45, 2.75) is 167 Å². The zero-order chi connectivity index (χ0) is 38.0. The van der Waals surface area contributed by atoms with Crippen LogP contribution in [-0.4, -0.2) is 13.1 Å². The molecule has 6 N–H and O–H groups in total. The van der Waals surface area contributed by atoms with Gasteiger partial charge in [0.25, 0.3) is 0 Å². The molecule has 4 aromatic carbocycles. The third kappa shape index (κ3) is 9.80. The third-order valence-corrected chi connectivity index (χ3v) is 13.5. The quantitative estimate of drug-likeness (QED) is 0.0774. The molecule has 0 radical (unpaired) electrons. The molecule has 6 rings (SSSR count). The van der Waals surface area contributed by atoms with Gasteiger partial charge in [-0.1, -0.05) is 163 Å². The molecule has 0 spiro atoms. The maximum Gasteiger partial charge on any atom is 0.0739 e. The summed E-state index contributed by atoms with van der Waals surface area (Å²) >= 11 is 0. The Bertz CT molecular complexity index is 1800. The minimum atomic E-state index is 0. The summed E-state index contributed by atoms with van der Waals surface area (Å²) in [6, 6.07) is 29.9. The van der Waals surface area contributed by atoms with E-state index in [1.165, 1.54) is 173 Å². The van der Waals surface area contributed by atoms with Crippen LogP contribution in [0.3, 0.4) is 0 Å². The second kappa shape index (κ2) is 21.9. The number of rotatable bonds is 23. The molecule has 0 saturated heterocycles. The lowest BCUT2D eigenvalue weighted by molar-refractivity contribution is -0.368. The van der Waals surface area contributed by atoms with Crippen molar-refractivity contribution in [1.29, 1.82) is 0 Å². The minimum absolute atomic E-state index is 0. The lowest BCUT2D eigenvalue weighted by Crippen LogP contribution is -3.00. The smallest absolute Gasteiger partial charge is 0.0739 e. The molecule has 0 unspecified atom stereocenters. The summed E-state index contributed by atoms with van der Waals surface area (Å²) in [7, 11) is 0. The van der Waals surface area contributed by atoms with Crippen LogP contribution in [0.15, 0.2) is 72.8 Å². The Balaban J connectivity index is 0.00000348. The lowest BCUT2D eigenvalue weighted by Gasteiger charge is -2.34. The summed E-state index contributed by atoms with van der Waals surface area (Å²) in [5, 5.41) is 0. The summed E-state index contributed by atoms with van der Waals surface area (Å²) in [5.41, 5.74) is 26.4. The third-order valence-electron chi connectivity index (χ3n) is 13.5. The molecule has 0 bridgehead atoms. The van der Waals surface area contributed by atoms with Gasteiger partial charge < -0.3 is 36.3 Å². The van der Waals surface area contributed by atoms with E-state index in [1.807, 2.05) is 0 Å². The van der Waals surface area contributed by atoms with Crippen LogP contribution < -0.4 is 36.3 Å². The van der Waals surface area contributed by atoms with Gasteiger partial charge in [-0.15, -0.1) is 0 Å². The Morgan fingerprint density at radius 2 is 0.679 bits per heavy atom. The highest BCUT2D eigenvalue weighted by molar-refractivity contribution is 5.87. The molecular weight excluding hydrogens is 723 g/mol. The number of aryl methyl sites for hydroxylation is 2. The van der Waals surface area contributed by atoms with Gasteiger partial charge in [-0.05, 0) is 133 Å². The molecule has 0 fully saturated rings. The second-order valence-electron chi connectivity index (χ2n) is 17.4. The Hall–Kier alpha value is -2.62. The highest BCUT2D eigenvalue weighted by Crippen LogP contribution is 2.57. The first-order valence-electron chi connectivity index (χ1n) is 22.5. The largest absolute Gasteiger partial charge is 1.00 e. The van der Waals surface area contributed by atoms with Crippen molar-refractivity contribution in [3.63, 3.8) is 0 Å². The molecule has 306 valence electrons. The molecule has 0 aliphatic heterocycles.